The molecule has 0 radical (unpaired) electrons. The highest BCUT2D eigenvalue weighted by atomic mass is 32.2. The van der Waals surface area contributed by atoms with Gasteiger partial charge in [0.1, 0.15) is 17.4 Å². The molecule has 3 heterocycles. The summed E-state index contributed by atoms with van der Waals surface area (Å²) in [5.41, 5.74) is 1.89. The van der Waals surface area contributed by atoms with Crippen LogP contribution < -0.4 is 10.1 Å². The van der Waals surface area contributed by atoms with Gasteiger partial charge in [-0.05, 0) is 46.8 Å². The second-order valence-electron chi connectivity index (χ2n) is 7.42. The standard InChI is InChI=1S/C23H19FN8O2S/c1-31-22(28-29-30-31)32-19-12-15(24)10-11-18(19)26-23(32)35-14-16-6-5-9-20(25-16)27-21(33)13-34-17-7-3-2-4-8-17/h2-12H,13-14H2,1H3,(H,25,27,33). The highest BCUT2D eigenvalue weighted by Crippen LogP contribution is 2.29. The van der Waals surface area contributed by atoms with Gasteiger partial charge in [-0.1, -0.05) is 41.1 Å². The predicted molar refractivity (Wildman–Crippen MR) is 128 cm³/mol. The van der Waals surface area contributed by atoms with E-state index in [0.717, 1.165) is 5.69 Å². The van der Waals surface area contributed by atoms with Crippen LogP contribution in [-0.4, -0.2) is 47.3 Å². The molecule has 1 amide bonds. The highest BCUT2D eigenvalue weighted by Gasteiger charge is 2.18. The van der Waals surface area contributed by atoms with Crippen molar-refractivity contribution in [2.24, 2.45) is 7.05 Å². The number of tetrazole rings is 1. The van der Waals surface area contributed by atoms with E-state index in [1.807, 2.05) is 30.3 Å². The molecule has 0 unspecified atom stereocenters. The molecule has 0 aliphatic rings. The van der Waals surface area contributed by atoms with Crippen molar-refractivity contribution in [3.05, 3.63) is 78.2 Å². The Morgan fingerprint density at radius 2 is 1.94 bits per heavy atom. The maximum atomic E-state index is 14.0. The van der Waals surface area contributed by atoms with Gasteiger partial charge in [-0.3, -0.25) is 9.36 Å². The Labute approximate surface area is 203 Å². The molecule has 0 spiro atoms. The summed E-state index contributed by atoms with van der Waals surface area (Å²) in [4.78, 5) is 21.4. The largest absolute Gasteiger partial charge is 0.484 e. The monoisotopic (exact) mass is 490 g/mol. The number of rotatable bonds is 8. The number of nitrogens with one attached hydrogen (secondary N) is 1. The molecular weight excluding hydrogens is 471 g/mol. The maximum Gasteiger partial charge on any atom is 0.263 e. The molecule has 0 fully saturated rings. The van der Waals surface area contributed by atoms with Gasteiger partial charge in [0.2, 0.25) is 0 Å². The van der Waals surface area contributed by atoms with Crippen LogP contribution in [0, 0.1) is 5.82 Å². The summed E-state index contributed by atoms with van der Waals surface area (Å²) in [6.45, 7) is -0.128. The summed E-state index contributed by atoms with van der Waals surface area (Å²) in [5, 5.41) is 14.9. The molecule has 0 atom stereocenters. The van der Waals surface area contributed by atoms with E-state index in [0.29, 0.717) is 39.5 Å². The van der Waals surface area contributed by atoms with Gasteiger partial charge in [-0.25, -0.2) is 19.0 Å². The summed E-state index contributed by atoms with van der Waals surface area (Å²) in [5.74, 6) is 1.19. The van der Waals surface area contributed by atoms with Gasteiger partial charge in [0, 0.05) is 18.9 Å². The molecule has 1 N–H and O–H groups in total. The summed E-state index contributed by atoms with van der Waals surface area (Å²) < 4.78 is 22.6. The molecule has 0 aliphatic carbocycles. The third kappa shape index (κ3) is 5.11. The maximum absolute atomic E-state index is 14.0. The fourth-order valence-electron chi connectivity index (χ4n) is 3.34. The highest BCUT2D eigenvalue weighted by molar-refractivity contribution is 7.98. The van der Waals surface area contributed by atoms with Crippen molar-refractivity contribution in [2.45, 2.75) is 10.9 Å². The van der Waals surface area contributed by atoms with E-state index in [9.17, 15) is 9.18 Å². The van der Waals surface area contributed by atoms with E-state index >= 15 is 0 Å². The van der Waals surface area contributed by atoms with E-state index in [2.05, 4.69) is 30.8 Å². The number of ether oxygens (including phenoxy) is 1. The topological polar surface area (TPSA) is 113 Å². The molecule has 10 nitrogen and oxygen atoms in total. The first kappa shape index (κ1) is 22.5. The van der Waals surface area contributed by atoms with Crippen LogP contribution in [0.1, 0.15) is 5.69 Å². The lowest BCUT2D eigenvalue weighted by molar-refractivity contribution is -0.118. The average Bonchev–Trinajstić information content (AvgIpc) is 3.44. The summed E-state index contributed by atoms with van der Waals surface area (Å²) in [6, 6.07) is 18.8. The number of hydrogen-bond acceptors (Lipinski definition) is 8. The van der Waals surface area contributed by atoms with Crippen molar-refractivity contribution in [1.82, 2.24) is 34.7 Å². The number of fused-ring (bicyclic) bond motifs is 1. The Morgan fingerprint density at radius 1 is 1.09 bits per heavy atom. The Bertz CT molecular complexity index is 1490. The molecule has 2 aromatic carbocycles. The molecular formula is C23H19FN8O2S. The zero-order valence-corrected chi connectivity index (χ0v) is 19.3. The number of hydrogen-bond donors (Lipinski definition) is 1. The number of pyridine rings is 1. The van der Waals surface area contributed by atoms with Crippen molar-refractivity contribution >= 4 is 34.5 Å². The number of carbonyl (C=O) groups excluding carboxylic acids is 1. The summed E-state index contributed by atoms with van der Waals surface area (Å²) in [7, 11) is 1.70. The summed E-state index contributed by atoms with van der Waals surface area (Å²) >= 11 is 1.39. The van der Waals surface area contributed by atoms with Crippen molar-refractivity contribution in [2.75, 3.05) is 11.9 Å². The number of imidazole rings is 1. The van der Waals surface area contributed by atoms with Crippen molar-refractivity contribution in [1.29, 1.82) is 0 Å². The van der Waals surface area contributed by atoms with Crippen molar-refractivity contribution in [3.63, 3.8) is 0 Å². The van der Waals surface area contributed by atoms with Crippen molar-refractivity contribution < 1.29 is 13.9 Å². The first-order valence-corrected chi connectivity index (χ1v) is 11.5. The van der Waals surface area contributed by atoms with Crippen LogP contribution in [-0.2, 0) is 17.6 Å². The lowest BCUT2D eigenvalue weighted by Gasteiger charge is -2.09. The second-order valence-corrected chi connectivity index (χ2v) is 8.36. The number of aromatic nitrogens is 7. The van der Waals surface area contributed by atoms with Gasteiger partial charge in [0.05, 0.1) is 16.7 Å². The van der Waals surface area contributed by atoms with Crippen molar-refractivity contribution in [3.8, 4) is 11.7 Å². The number of benzene rings is 2. The molecule has 0 aliphatic heterocycles. The van der Waals surface area contributed by atoms with Crippen LogP contribution in [0.15, 0.2) is 71.9 Å². The zero-order valence-electron chi connectivity index (χ0n) is 18.5. The van der Waals surface area contributed by atoms with Crippen LogP contribution in [0.5, 0.6) is 5.75 Å². The zero-order chi connectivity index (χ0) is 24.2. The third-order valence-electron chi connectivity index (χ3n) is 4.92. The normalized spacial score (nSPS) is 11.0. The van der Waals surface area contributed by atoms with Gasteiger partial charge in [-0.2, -0.15) is 0 Å². The Hall–Kier alpha value is -4.32. The number of nitrogens with zero attached hydrogens (tertiary/aromatic N) is 7. The first-order valence-electron chi connectivity index (χ1n) is 10.5. The van der Waals surface area contributed by atoms with E-state index in [1.54, 1.807) is 35.9 Å². The Morgan fingerprint density at radius 3 is 2.74 bits per heavy atom. The lowest BCUT2D eigenvalue weighted by Crippen LogP contribution is -2.20. The molecule has 35 heavy (non-hydrogen) atoms. The molecule has 0 bridgehead atoms. The minimum absolute atomic E-state index is 0.128. The van der Waals surface area contributed by atoms with Crippen LogP contribution in [0.2, 0.25) is 0 Å². The molecule has 12 heteroatoms. The van der Waals surface area contributed by atoms with E-state index in [1.165, 1.54) is 28.6 Å². The van der Waals surface area contributed by atoms with Gasteiger partial charge < -0.3 is 10.1 Å². The molecule has 5 rings (SSSR count). The van der Waals surface area contributed by atoms with Crippen LogP contribution in [0.4, 0.5) is 10.2 Å². The van der Waals surface area contributed by atoms with Crippen LogP contribution >= 0.6 is 11.8 Å². The fourth-order valence-corrected chi connectivity index (χ4v) is 4.25. The number of carbonyl (C=O) groups is 1. The van der Waals surface area contributed by atoms with E-state index < -0.39 is 0 Å². The number of amides is 1. The predicted octanol–water partition coefficient (Wildman–Crippen LogP) is 3.39. The third-order valence-corrected chi connectivity index (χ3v) is 5.89. The van der Waals surface area contributed by atoms with Gasteiger partial charge in [-0.15, -0.1) is 0 Å². The Kier molecular flexibility index (Phi) is 6.35. The minimum atomic E-state index is -0.383. The number of para-hydroxylation sites is 1. The smallest absolute Gasteiger partial charge is 0.263 e. The quantitative estimate of drug-likeness (QED) is 0.330. The van der Waals surface area contributed by atoms with Crippen LogP contribution in [0.3, 0.4) is 0 Å². The molecule has 176 valence electrons. The van der Waals surface area contributed by atoms with Gasteiger partial charge in [0.25, 0.3) is 11.9 Å². The fraction of sp³-hybridized carbons (Fsp3) is 0.130. The number of halogens is 1. The summed E-state index contributed by atoms with van der Waals surface area (Å²) in [6.07, 6.45) is 0. The van der Waals surface area contributed by atoms with Gasteiger partial charge >= 0.3 is 0 Å². The molecule has 0 saturated heterocycles. The Balaban J connectivity index is 1.30. The van der Waals surface area contributed by atoms with Crippen LogP contribution in [0.25, 0.3) is 17.0 Å². The number of anilines is 1. The number of aryl methyl sites for hydroxylation is 1. The minimum Gasteiger partial charge on any atom is -0.484 e. The SMILES string of the molecule is Cn1nnnc1-n1c(SCc2cccc(NC(=O)COc3ccccc3)n2)nc2ccc(F)cc21. The number of thioether (sulfide) groups is 1. The molecule has 3 aromatic heterocycles. The second kappa shape index (κ2) is 9.89. The van der Waals surface area contributed by atoms with E-state index in [4.69, 9.17) is 4.74 Å². The molecule has 5 aromatic rings. The average molecular weight is 491 g/mol. The molecule has 0 saturated carbocycles. The first-order chi connectivity index (χ1) is 17.1. The van der Waals surface area contributed by atoms with Gasteiger partial charge in [0.15, 0.2) is 11.8 Å². The van der Waals surface area contributed by atoms with E-state index in [-0.39, 0.29) is 18.3 Å². The lowest BCUT2D eigenvalue weighted by atomic mass is 10.3.